The van der Waals surface area contributed by atoms with Crippen LogP contribution in [-0.2, 0) is 9.59 Å². The van der Waals surface area contributed by atoms with Gasteiger partial charge in [-0.05, 0) is 18.3 Å². The maximum absolute atomic E-state index is 13.2. The Morgan fingerprint density at radius 3 is 2.66 bits per heavy atom. The summed E-state index contributed by atoms with van der Waals surface area (Å²) in [5.41, 5.74) is 7.83. The largest absolute Gasteiger partial charge is 0.494 e. The lowest BCUT2D eigenvalue weighted by molar-refractivity contribution is -0.142. The van der Waals surface area contributed by atoms with E-state index in [1.54, 1.807) is 4.90 Å². The first-order chi connectivity index (χ1) is 15.0. The second kappa shape index (κ2) is 7.93. The molecule has 2 atom stereocenters. The molecular formula is C20H28N8O4. The third kappa shape index (κ3) is 4.44. The van der Waals surface area contributed by atoms with Crippen molar-refractivity contribution in [3.8, 4) is 0 Å². The van der Waals surface area contributed by atoms with Crippen molar-refractivity contribution >= 4 is 23.5 Å². The van der Waals surface area contributed by atoms with Crippen LogP contribution in [0.3, 0.4) is 0 Å². The Labute approximate surface area is 185 Å². The number of hydrazine groups is 1. The summed E-state index contributed by atoms with van der Waals surface area (Å²) in [5, 5.41) is 18.2. The first-order valence-corrected chi connectivity index (χ1v) is 10.5. The van der Waals surface area contributed by atoms with Gasteiger partial charge in [-0.25, -0.2) is 15.4 Å². The van der Waals surface area contributed by atoms with Crippen molar-refractivity contribution in [1.29, 1.82) is 0 Å². The maximum Gasteiger partial charge on any atom is 0.281 e. The molecular weight excluding hydrogens is 416 g/mol. The topological polar surface area (TPSA) is 166 Å². The smallest absolute Gasteiger partial charge is 0.281 e. The van der Waals surface area contributed by atoms with Crippen LogP contribution in [0.2, 0.25) is 0 Å². The second-order valence-electron chi connectivity index (χ2n) is 9.51. The molecule has 0 spiro atoms. The van der Waals surface area contributed by atoms with Crippen molar-refractivity contribution in [2.24, 2.45) is 11.1 Å². The zero-order valence-electron chi connectivity index (χ0n) is 18.3. The molecule has 172 valence electrons. The van der Waals surface area contributed by atoms with Crippen molar-refractivity contribution < 1.29 is 19.5 Å². The molecule has 0 aromatic carbocycles. The first kappa shape index (κ1) is 21.8. The number of hydrogen-bond acceptors (Lipinski definition) is 9. The highest BCUT2D eigenvalue weighted by molar-refractivity contribution is 6.19. The number of amides is 3. The van der Waals surface area contributed by atoms with Crippen molar-refractivity contribution in [2.45, 2.75) is 58.4 Å². The molecule has 1 aromatic heterocycles. The quantitative estimate of drug-likeness (QED) is 0.373. The number of aliphatic hydroxyl groups is 1. The van der Waals surface area contributed by atoms with Crippen LogP contribution in [0.25, 0.3) is 0 Å². The van der Waals surface area contributed by atoms with Gasteiger partial charge in [0.25, 0.3) is 17.7 Å². The summed E-state index contributed by atoms with van der Waals surface area (Å²) in [6.45, 7) is 6.44. The number of primary amides is 1. The number of rotatable bonds is 6. The number of aliphatic hydroxyl groups excluding tert-OH is 1. The van der Waals surface area contributed by atoms with Gasteiger partial charge in [0.15, 0.2) is 5.57 Å². The molecule has 6 N–H and O–H groups in total. The summed E-state index contributed by atoms with van der Waals surface area (Å²) in [4.78, 5) is 47.0. The van der Waals surface area contributed by atoms with E-state index in [0.717, 1.165) is 12.8 Å². The first-order valence-electron chi connectivity index (χ1n) is 10.5. The van der Waals surface area contributed by atoms with Gasteiger partial charge in [-0.15, -0.1) is 0 Å². The molecule has 3 aliphatic rings. The summed E-state index contributed by atoms with van der Waals surface area (Å²) in [5.74, 6) is -1.90. The minimum absolute atomic E-state index is 0.00880. The highest BCUT2D eigenvalue weighted by Crippen LogP contribution is 2.33. The maximum atomic E-state index is 13.2. The van der Waals surface area contributed by atoms with Crippen LogP contribution >= 0.6 is 0 Å². The number of carbonyl (C=O) groups is 3. The monoisotopic (exact) mass is 444 g/mol. The fourth-order valence-electron chi connectivity index (χ4n) is 3.78. The Morgan fingerprint density at radius 2 is 2.03 bits per heavy atom. The number of nitrogens with two attached hydrogens (primary N) is 1. The van der Waals surface area contributed by atoms with Gasteiger partial charge in [-0.2, -0.15) is 0 Å². The Hall–Kier alpha value is -3.41. The Bertz CT molecular complexity index is 984. The van der Waals surface area contributed by atoms with Gasteiger partial charge in [-0.3, -0.25) is 19.4 Å². The lowest BCUT2D eigenvalue weighted by Crippen LogP contribution is -2.58. The lowest BCUT2D eigenvalue weighted by Gasteiger charge is -2.42. The third-order valence-electron chi connectivity index (χ3n) is 5.32. The standard InChI is InChI=1S/C20H28N8O4/c1-20(2,3)9-27-14-6-12(25-13-8-22-7-11(24-13)16(21)29)26-28(14)19(32)15(18(27)31)17(30)23-10-4-5-10/h7-8,10,12,14,26,31H,4-6,9H2,1-3H3,(H2,21,29)(H,23,30)(H,24,25). The van der Waals surface area contributed by atoms with Crippen molar-refractivity contribution in [2.75, 3.05) is 11.9 Å². The average molecular weight is 444 g/mol. The molecule has 32 heavy (non-hydrogen) atoms. The van der Waals surface area contributed by atoms with Gasteiger partial charge in [0, 0.05) is 19.0 Å². The van der Waals surface area contributed by atoms with E-state index in [1.807, 2.05) is 20.8 Å². The SMILES string of the molecule is CC(C)(C)CN1C(O)=C(C(=O)NC2CC2)C(=O)N2NC(Nc3cncc(C(N)=O)n3)CC12. The molecule has 2 unspecified atom stereocenters. The van der Waals surface area contributed by atoms with Crippen LogP contribution < -0.4 is 21.8 Å². The van der Waals surface area contributed by atoms with Crippen molar-refractivity contribution in [1.82, 2.24) is 30.6 Å². The van der Waals surface area contributed by atoms with E-state index in [-0.39, 0.29) is 28.6 Å². The van der Waals surface area contributed by atoms with Gasteiger partial charge in [-0.1, -0.05) is 20.8 Å². The molecule has 2 aliphatic heterocycles. The predicted octanol–water partition coefficient (Wildman–Crippen LogP) is -0.214. The molecule has 12 heteroatoms. The van der Waals surface area contributed by atoms with Crippen LogP contribution in [0.5, 0.6) is 0 Å². The summed E-state index contributed by atoms with van der Waals surface area (Å²) in [6.07, 6.45) is 3.81. The zero-order chi connectivity index (χ0) is 23.2. The van der Waals surface area contributed by atoms with Crippen molar-refractivity contribution in [3.05, 3.63) is 29.5 Å². The molecule has 0 bridgehead atoms. The van der Waals surface area contributed by atoms with E-state index < -0.39 is 30.1 Å². The number of fused-ring (bicyclic) bond motifs is 1. The fraction of sp³-hybridized carbons (Fsp3) is 0.550. The number of carbonyl (C=O) groups excluding carboxylic acids is 3. The molecule has 1 saturated carbocycles. The highest BCUT2D eigenvalue weighted by atomic mass is 16.3. The number of aromatic nitrogens is 2. The Morgan fingerprint density at radius 1 is 1.31 bits per heavy atom. The van der Waals surface area contributed by atoms with Crippen LogP contribution in [0.4, 0.5) is 5.82 Å². The summed E-state index contributed by atoms with van der Waals surface area (Å²) >= 11 is 0. The molecule has 3 amide bonds. The van der Waals surface area contributed by atoms with Crippen LogP contribution in [0.1, 0.15) is 50.5 Å². The second-order valence-corrected chi connectivity index (χ2v) is 9.51. The normalized spacial score (nSPS) is 23.3. The summed E-state index contributed by atoms with van der Waals surface area (Å²) < 4.78 is 0. The third-order valence-corrected chi connectivity index (χ3v) is 5.32. The molecule has 1 aliphatic carbocycles. The van der Waals surface area contributed by atoms with Gasteiger partial charge >= 0.3 is 0 Å². The lowest BCUT2D eigenvalue weighted by atomic mass is 9.95. The van der Waals surface area contributed by atoms with E-state index in [9.17, 15) is 19.5 Å². The van der Waals surface area contributed by atoms with E-state index in [4.69, 9.17) is 5.73 Å². The number of anilines is 1. The minimum Gasteiger partial charge on any atom is -0.494 e. The van der Waals surface area contributed by atoms with E-state index in [2.05, 4.69) is 26.0 Å². The molecule has 0 radical (unpaired) electrons. The van der Waals surface area contributed by atoms with Gasteiger partial charge < -0.3 is 26.4 Å². The number of nitrogens with zero attached hydrogens (tertiary/aromatic N) is 4. The van der Waals surface area contributed by atoms with E-state index in [1.165, 1.54) is 17.4 Å². The van der Waals surface area contributed by atoms with E-state index >= 15 is 0 Å². The van der Waals surface area contributed by atoms with Crippen LogP contribution in [0, 0.1) is 5.41 Å². The summed E-state index contributed by atoms with van der Waals surface area (Å²) in [7, 11) is 0. The summed E-state index contributed by atoms with van der Waals surface area (Å²) in [6, 6.07) is 0.0430. The Kier molecular flexibility index (Phi) is 5.41. The molecule has 3 heterocycles. The van der Waals surface area contributed by atoms with Crippen LogP contribution in [0.15, 0.2) is 23.8 Å². The highest BCUT2D eigenvalue weighted by Gasteiger charge is 2.49. The predicted molar refractivity (Wildman–Crippen MR) is 113 cm³/mol. The molecule has 1 aromatic rings. The molecule has 2 fully saturated rings. The van der Waals surface area contributed by atoms with Gasteiger partial charge in [0.2, 0.25) is 5.88 Å². The van der Waals surface area contributed by atoms with Gasteiger partial charge in [0.05, 0.1) is 18.6 Å². The molecule has 1 saturated heterocycles. The van der Waals surface area contributed by atoms with Crippen LogP contribution in [-0.4, -0.2) is 67.6 Å². The number of nitrogens with one attached hydrogen (secondary N) is 3. The number of hydrogen-bond donors (Lipinski definition) is 5. The molecule has 12 nitrogen and oxygen atoms in total. The van der Waals surface area contributed by atoms with E-state index in [0.29, 0.717) is 18.8 Å². The fourth-order valence-corrected chi connectivity index (χ4v) is 3.78. The Balaban J connectivity index is 1.58. The zero-order valence-corrected chi connectivity index (χ0v) is 18.3. The minimum atomic E-state index is -0.704. The van der Waals surface area contributed by atoms with Gasteiger partial charge in [0.1, 0.15) is 17.7 Å². The van der Waals surface area contributed by atoms with Crippen molar-refractivity contribution in [3.63, 3.8) is 0 Å². The molecule has 4 rings (SSSR count). The average Bonchev–Trinajstić information content (AvgIpc) is 3.41.